The van der Waals surface area contributed by atoms with Crippen LogP contribution in [0.3, 0.4) is 0 Å². The smallest absolute Gasteiger partial charge is 0.261 e. The lowest BCUT2D eigenvalue weighted by molar-refractivity contribution is 0.0683. The molecular weight excluding hydrogens is 254 g/mol. The first-order valence-electron chi connectivity index (χ1n) is 7.50. The number of amides is 1. The van der Waals surface area contributed by atoms with Crippen LogP contribution in [0.15, 0.2) is 18.2 Å². The zero-order chi connectivity index (χ0) is 14.1. The van der Waals surface area contributed by atoms with E-state index in [0.717, 1.165) is 19.4 Å². The number of hydrogen-bond acceptors (Lipinski definition) is 3. The van der Waals surface area contributed by atoms with E-state index in [1.807, 2.05) is 4.90 Å². The quantitative estimate of drug-likeness (QED) is 0.872. The lowest BCUT2D eigenvalue weighted by Gasteiger charge is -2.29. The molecule has 1 heterocycles. The topological polar surface area (TPSA) is 60.8 Å². The first-order chi connectivity index (χ1) is 9.68. The number of likely N-dealkylation sites (tertiary alicyclic amines) is 1. The van der Waals surface area contributed by atoms with Gasteiger partial charge in [0.2, 0.25) is 0 Å². The lowest BCUT2D eigenvalue weighted by Crippen LogP contribution is -2.39. The molecule has 0 bridgehead atoms. The van der Waals surface area contributed by atoms with Crippen LogP contribution in [-0.2, 0) is 0 Å². The number of carbonyl (C=O) groups excluding carboxylic acids is 1. The van der Waals surface area contributed by atoms with Crippen LogP contribution in [0.25, 0.3) is 0 Å². The molecule has 108 valence electrons. The average Bonchev–Trinajstić information content (AvgIpc) is 3.09. The second-order valence-electron chi connectivity index (χ2n) is 5.92. The van der Waals surface area contributed by atoms with E-state index in [1.165, 1.54) is 37.8 Å². The predicted octanol–water partition coefficient (Wildman–Crippen LogP) is 2.89. The minimum atomic E-state index is -0.227. The maximum atomic E-state index is 12.7. The highest BCUT2D eigenvalue weighted by atomic mass is 16.3. The van der Waals surface area contributed by atoms with Gasteiger partial charge in [-0.05, 0) is 43.7 Å². The maximum absolute atomic E-state index is 12.7. The minimum Gasteiger partial charge on any atom is -0.507 e. The number of aromatic hydroxyl groups is 2. The first kappa shape index (κ1) is 13.3. The Kier molecular flexibility index (Phi) is 3.55. The van der Waals surface area contributed by atoms with Gasteiger partial charge in [-0.1, -0.05) is 18.9 Å². The molecule has 1 saturated heterocycles. The molecule has 1 aromatic carbocycles. The third-order valence-electron chi connectivity index (χ3n) is 4.74. The molecule has 1 saturated carbocycles. The average molecular weight is 275 g/mol. The van der Waals surface area contributed by atoms with Crippen LogP contribution in [0.4, 0.5) is 0 Å². The SMILES string of the molecule is O=C(c1c(O)cccc1O)N1CCCC1C1CCCC1. The molecule has 0 radical (unpaired) electrons. The Hall–Kier alpha value is -1.71. The van der Waals surface area contributed by atoms with Gasteiger partial charge < -0.3 is 15.1 Å². The van der Waals surface area contributed by atoms with Gasteiger partial charge in [-0.25, -0.2) is 0 Å². The molecule has 2 N–H and O–H groups in total. The molecule has 2 aliphatic rings. The molecule has 1 aromatic rings. The fourth-order valence-electron chi connectivity index (χ4n) is 3.77. The van der Waals surface area contributed by atoms with Crippen molar-refractivity contribution < 1.29 is 15.0 Å². The number of benzene rings is 1. The lowest BCUT2D eigenvalue weighted by atomic mass is 9.95. The summed E-state index contributed by atoms with van der Waals surface area (Å²) in [7, 11) is 0. The molecule has 20 heavy (non-hydrogen) atoms. The summed E-state index contributed by atoms with van der Waals surface area (Å²) in [5, 5.41) is 19.7. The molecule has 1 aliphatic carbocycles. The predicted molar refractivity (Wildman–Crippen MR) is 75.8 cm³/mol. The molecule has 1 unspecified atom stereocenters. The number of rotatable bonds is 2. The van der Waals surface area contributed by atoms with Gasteiger partial charge in [-0.2, -0.15) is 0 Å². The van der Waals surface area contributed by atoms with E-state index < -0.39 is 0 Å². The molecule has 2 fully saturated rings. The van der Waals surface area contributed by atoms with E-state index in [-0.39, 0.29) is 29.0 Å². The van der Waals surface area contributed by atoms with Crippen LogP contribution in [0.2, 0.25) is 0 Å². The largest absolute Gasteiger partial charge is 0.507 e. The van der Waals surface area contributed by atoms with Crippen molar-refractivity contribution in [3.05, 3.63) is 23.8 Å². The van der Waals surface area contributed by atoms with Gasteiger partial charge in [0, 0.05) is 12.6 Å². The van der Waals surface area contributed by atoms with Crippen molar-refractivity contribution in [1.82, 2.24) is 4.90 Å². The normalized spacial score (nSPS) is 23.4. The van der Waals surface area contributed by atoms with Crippen molar-refractivity contribution in [2.24, 2.45) is 5.92 Å². The Morgan fingerprint density at radius 1 is 1.05 bits per heavy atom. The van der Waals surface area contributed by atoms with E-state index >= 15 is 0 Å². The highest BCUT2D eigenvalue weighted by Crippen LogP contribution is 2.37. The highest BCUT2D eigenvalue weighted by molar-refractivity contribution is 5.99. The Morgan fingerprint density at radius 3 is 2.35 bits per heavy atom. The van der Waals surface area contributed by atoms with Crippen molar-refractivity contribution in [1.29, 1.82) is 0 Å². The van der Waals surface area contributed by atoms with Gasteiger partial charge in [-0.3, -0.25) is 4.79 Å². The Balaban J connectivity index is 1.85. The van der Waals surface area contributed by atoms with Crippen molar-refractivity contribution in [2.75, 3.05) is 6.54 Å². The van der Waals surface area contributed by atoms with E-state index in [0.29, 0.717) is 5.92 Å². The summed E-state index contributed by atoms with van der Waals surface area (Å²) in [4.78, 5) is 14.5. The van der Waals surface area contributed by atoms with Crippen molar-refractivity contribution in [2.45, 2.75) is 44.6 Å². The van der Waals surface area contributed by atoms with Gasteiger partial charge in [0.25, 0.3) is 5.91 Å². The second kappa shape index (κ2) is 5.35. The van der Waals surface area contributed by atoms with Crippen LogP contribution in [-0.4, -0.2) is 33.6 Å². The van der Waals surface area contributed by atoms with Gasteiger partial charge in [0.05, 0.1) is 0 Å². The molecule has 0 aromatic heterocycles. The number of hydrogen-bond donors (Lipinski definition) is 2. The summed E-state index contributed by atoms with van der Waals surface area (Å²) < 4.78 is 0. The van der Waals surface area contributed by atoms with Crippen molar-refractivity contribution >= 4 is 5.91 Å². The number of phenols is 2. The fourth-order valence-corrected chi connectivity index (χ4v) is 3.77. The third-order valence-corrected chi connectivity index (χ3v) is 4.74. The van der Waals surface area contributed by atoms with E-state index in [1.54, 1.807) is 6.07 Å². The zero-order valence-electron chi connectivity index (χ0n) is 11.6. The summed E-state index contributed by atoms with van der Waals surface area (Å²) >= 11 is 0. The van der Waals surface area contributed by atoms with Crippen LogP contribution in [0, 0.1) is 5.92 Å². The highest BCUT2D eigenvalue weighted by Gasteiger charge is 2.37. The van der Waals surface area contributed by atoms with E-state index in [2.05, 4.69) is 0 Å². The fraction of sp³-hybridized carbons (Fsp3) is 0.562. The summed E-state index contributed by atoms with van der Waals surface area (Å²) in [5.41, 5.74) is 0.0531. The first-order valence-corrected chi connectivity index (χ1v) is 7.50. The van der Waals surface area contributed by atoms with Crippen LogP contribution in [0.1, 0.15) is 48.9 Å². The molecule has 0 spiro atoms. The zero-order valence-corrected chi connectivity index (χ0v) is 11.6. The third kappa shape index (κ3) is 2.23. The van der Waals surface area contributed by atoms with Gasteiger partial charge >= 0.3 is 0 Å². The van der Waals surface area contributed by atoms with Crippen molar-refractivity contribution in [3.8, 4) is 11.5 Å². The van der Waals surface area contributed by atoms with E-state index in [4.69, 9.17) is 0 Å². The molecule has 4 nitrogen and oxygen atoms in total. The Morgan fingerprint density at radius 2 is 1.70 bits per heavy atom. The summed E-state index contributed by atoms with van der Waals surface area (Å²) in [6.45, 7) is 0.730. The van der Waals surface area contributed by atoms with Crippen LogP contribution >= 0.6 is 0 Å². The summed E-state index contributed by atoms with van der Waals surface area (Å²) in [6, 6.07) is 4.73. The maximum Gasteiger partial charge on any atom is 0.261 e. The van der Waals surface area contributed by atoms with Crippen molar-refractivity contribution in [3.63, 3.8) is 0 Å². The van der Waals surface area contributed by atoms with Gasteiger partial charge in [0.15, 0.2) is 0 Å². The molecule has 1 aliphatic heterocycles. The Bertz CT molecular complexity index is 488. The van der Waals surface area contributed by atoms with Crippen LogP contribution < -0.4 is 0 Å². The minimum absolute atomic E-state index is 0.0531. The second-order valence-corrected chi connectivity index (χ2v) is 5.92. The molecule has 4 heteroatoms. The van der Waals surface area contributed by atoms with Gasteiger partial charge in [-0.15, -0.1) is 0 Å². The monoisotopic (exact) mass is 275 g/mol. The van der Waals surface area contributed by atoms with Crippen LogP contribution in [0.5, 0.6) is 11.5 Å². The van der Waals surface area contributed by atoms with E-state index in [9.17, 15) is 15.0 Å². The molecule has 1 atom stereocenters. The summed E-state index contributed by atoms with van der Waals surface area (Å²) in [5.74, 6) is 0.101. The summed E-state index contributed by atoms with van der Waals surface area (Å²) in [6.07, 6.45) is 6.96. The number of phenolic OH excluding ortho intramolecular Hbond substituents is 2. The standard InChI is InChI=1S/C16H21NO3/c18-13-8-3-9-14(19)15(13)16(20)17-10-4-7-12(17)11-5-1-2-6-11/h3,8-9,11-12,18-19H,1-2,4-7,10H2. The van der Waals surface area contributed by atoms with Gasteiger partial charge in [0.1, 0.15) is 17.1 Å². The molecule has 3 rings (SSSR count). The Labute approximate surface area is 119 Å². The number of nitrogens with zero attached hydrogens (tertiary/aromatic N) is 1. The number of carbonyl (C=O) groups is 1. The molecular formula is C16H21NO3. The molecule has 1 amide bonds.